The predicted molar refractivity (Wildman–Crippen MR) is 68.4 cm³/mol. The quantitative estimate of drug-likeness (QED) is 0.747. The molecule has 0 aliphatic carbocycles. The molecule has 1 atom stereocenters. The van der Waals surface area contributed by atoms with Gasteiger partial charge in [-0.2, -0.15) is 0 Å². The Bertz CT molecular complexity index is 415. The standard InChI is InChI=1S/C12H16F2N2OS/c1-2-16-10(12(15)17)5-6-18-11-4-3-8(13)7-9(11)14/h3-4,7,10,16H,2,5-6H2,1H3,(H2,15,17). The molecule has 100 valence electrons. The summed E-state index contributed by atoms with van der Waals surface area (Å²) < 4.78 is 26.0. The molecule has 0 aliphatic rings. The van der Waals surface area contributed by atoms with Gasteiger partial charge in [0.15, 0.2) is 0 Å². The van der Waals surface area contributed by atoms with Gasteiger partial charge < -0.3 is 11.1 Å². The van der Waals surface area contributed by atoms with Crippen molar-refractivity contribution in [1.82, 2.24) is 5.32 Å². The lowest BCUT2D eigenvalue weighted by atomic mass is 10.2. The van der Waals surface area contributed by atoms with Crippen LogP contribution in [0.5, 0.6) is 0 Å². The number of rotatable bonds is 7. The van der Waals surface area contributed by atoms with E-state index in [2.05, 4.69) is 5.32 Å². The fourth-order valence-electron chi connectivity index (χ4n) is 1.47. The van der Waals surface area contributed by atoms with Crippen LogP contribution in [0, 0.1) is 11.6 Å². The first-order valence-corrected chi connectivity index (χ1v) is 6.63. The highest BCUT2D eigenvalue weighted by atomic mass is 32.2. The number of benzene rings is 1. The molecule has 1 unspecified atom stereocenters. The molecule has 3 nitrogen and oxygen atoms in total. The normalized spacial score (nSPS) is 12.4. The third-order valence-corrected chi connectivity index (χ3v) is 3.43. The van der Waals surface area contributed by atoms with Crippen molar-refractivity contribution in [2.75, 3.05) is 12.3 Å². The van der Waals surface area contributed by atoms with Gasteiger partial charge in [0.1, 0.15) is 11.6 Å². The zero-order valence-electron chi connectivity index (χ0n) is 10.1. The summed E-state index contributed by atoms with van der Waals surface area (Å²) in [6.45, 7) is 2.52. The van der Waals surface area contributed by atoms with Gasteiger partial charge in [0.2, 0.25) is 5.91 Å². The van der Waals surface area contributed by atoms with Crippen LogP contribution in [-0.4, -0.2) is 24.2 Å². The minimum Gasteiger partial charge on any atom is -0.368 e. The van der Waals surface area contributed by atoms with Crippen LogP contribution in [0.1, 0.15) is 13.3 Å². The maximum Gasteiger partial charge on any atom is 0.234 e. The number of amides is 1. The van der Waals surface area contributed by atoms with Crippen LogP contribution in [0.3, 0.4) is 0 Å². The Morgan fingerprint density at radius 3 is 2.78 bits per heavy atom. The maximum absolute atomic E-state index is 13.3. The summed E-state index contributed by atoms with van der Waals surface area (Å²) >= 11 is 1.24. The molecule has 0 aliphatic heterocycles. The van der Waals surface area contributed by atoms with Crippen molar-refractivity contribution in [2.45, 2.75) is 24.3 Å². The van der Waals surface area contributed by atoms with Crippen LogP contribution < -0.4 is 11.1 Å². The molecule has 0 radical (unpaired) electrons. The van der Waals surface area contributed by atoms with Gasteiger partial charge in [0.25, 0.3) is 0 Å². The summed E-state index contributed by atoms with van der Waals surface area (Å²) in [5.41, 5.74) is 5.22. The molecule has 1 amide bonds. The number of hydrogen-bond donors (Lipinski definition) is 2. The van der Waals surface area contributed by atoms with Gasteiger partial charge in [0, 0.05) is 16.7 Å². The summed E-state index contributed by atoms with van der Waals surface area (Å²) in [6.07, 6.45) is 0.505. The fraction of sp³-hybridized carbons (Fsp3) is 0.417. The second-order valence-corrected chi connectivity index (χ2v) is 4.86. The molecule has 1 rings (SSSR count). The fourth-order valence-corrected chi connectivity index (χ4v) is 2.40. The number of likely N-dealkylation sites (N-methyl/N-ethyl adjacent to an activating group) is 1. The first kappa shape index (κ1) is 14.9. The Morgan fingerprint density at radius 1 is 1.50 bits per heavy atom. The summed E-state index contributed by atoms with van der Waals surface area (Å²) in [6, 6.07) is 3.03. The van der Waals surface area contributed by atoms with Gasteiger partial charge in [0.05, 0.1) is 6.04 Å². The average Bonchev–Trinajstić information content (AvgIpc) is 2.30. The summed E-state index contributed by atoms with van der Waals surface area (Å²) in [5, 5.41) is 2.95. The zero-order valence-corrected chi connectivity index (χ0v) is 10.9. The number of halogens is 2. The minimum absolute atomic E-state index is 0.371. The van der Waals surface area contributed by atoms with Crippen LogP contribution in [0.15, 0.2) is 23.1 Å². The maximum atomic E-state index is 13.3. The van der Waals surface area contributed by atoms with Crippen LogP contribution in [-0.2, 0) is 4.79 Å². The average molecular weight is 274 g/mol. The van der Waals surface area contributed by atoms with Crippen LogP contribution in [0.4, 0.5) is 8.78 Å². The van der Waals surface area contributed by atoms with Gasteiger partial charge in [-0.1, -0.05) is 6.92 Å². The largest absolute Gasteiger partial charge is 0.368 e. The second-order valence-electron chi connectivity index (χ2n) is 3.72. The summed E-state index contributed by atoms with van der Waals surface area (Å²) in [5.74, 6) is -1.07. The van der Waals surface area contributed by atoms with Gasteiger partial charge in [-0.05, 0) is 25.1 Å². The van der Waals surface area contributed by atoms with Crippen molar-refractivity contribution in [3.63, 3.8) is 0 Å². The Kier molecular flexibility index (Phi) is 6.07. The molecule has 0 aromatic heterocycles. The number of carbonyl (C=O) groups excluding carboxylic acids is 1. The van der Waals surface area contributed by atoms with E-state index in [1.807, 2.05) is 6.92 Å². The molecule has 0 saturated carbocycles. The van der Waals surface area contributed by atoms with Gasteiger partial charge >= 0.3 is 0 Å². The van der Waals surface area contributed by atoms with Gasteiger partial charge in [-0.3, -0.25) is 4.79 Å². The molecule has 1 aromatic carbocycles. The van der Waals surface area contributed by atoms with E-state index in [1.54, 1.807) is 0 Å². The zero-order chi connectivity index (χ0) is 13.5. The lowest BCUT2D eigenvalue weighted by Gasteiger charge is -2.13. The number of primary amides is 1. The van der Waals surface area contributed by atoms with E-state index in [1.165, 1.54) is 23.9 Å². The number of nitrogens with one attached hydrogen (secondary N) is 1. The minimum atomic E-state index is -0.598. The number of hydrogen-bond acceptors (Lipinski definition) is 3. The number of nitrogens with two attached hydrogens (primary N) is 1. The molecular weight excluding hydrogens is 258 g/mol. The first-order valence-electron chi connectivity index (χ1n) is 5.65. The van der Waals surface area contributed by atoms with Crippen molar-refractivity contribution in [3.8, 4) is 0 Å². The lowest BCUT2D eigenvalue weighted by molar-refractivity contribution is -0.120. The van der Waals surface area contributed by atoms with E-state index < -0.39 is 23.6 Å². The van der Waals surface area contributed by atoms with Gasteiger partial charge in [-0.25, -0.2) is 8.78 Å². The molecule has 0 fully saturated rings. The third kappa shape index (κ3) is 4.62. The lowest BCUT2D eigenvalue weighted by Crippen LogP contribution is -2.41. The number of thioether (sulfide) groups is 1. The topological polar surface area (TPSA) is 55.1 Å². The Labute approximate surface area is 109 Å². The molecule has 0 bridgehead atoms. The molecule has 0 spiro atoms. The third-order valence-electron chi connectivity index (χ3n) is 2.35. The summed E-state index contributed by atoms with van der Waals surface area (Å²) in [7, 11) is 0. The Balaban J connectivity index is 2.47. The molecule has 0 heterocycles. The first-order chi connectivity index (χ1) is 8.54. The van der Waals surface area contributed by atoms with E-state index in [9.17, 15) is 13.6 Å². The Hall–Kier alpha value is -1.14. The van der Waals surface area contributed by atoms with E-state index in [-0.39, 0.29) is 0 Å². The second kappa shape index (κ2) is 7.33. The van der Waals surface area contributed by atoms with E-state index >= 15 is 0 Å². The SMILES string of the molecule is CCNC(CCSc1ccc(F)cc1F)C(N)=O. The van der Waals surface area contributed by atoms with Crippen LogP contribution in [0.25, 0.3) is 0 Å². The molecule has 0 saturated heterocycles. The molecule has 1 aromatic rings. The monoisotopic (exact) mass is 274 g/mol. The number of carbonyl (C=O) groups is 1. The van der Waals surface area contributed by atoms with Crippen molar-refractivity contribution in [1.29, 1.82) is 0 Å². The smallest absolute Gasteiger partial charge is 0.234 e. The van der Waals surface area contributed by atoms with Crippen LogP contribution >= 0.6 is 11.8 Å². The van der Waals surface area contributed by atoms with Crippen molar-refractivity contribution >= 4 is 17.7 Å². The highest BCUT2D eigenvalue weighted by Crippen LogP contribution is 2.23. The molecular formula is C12H16F2N2OS. The van der Waals surface area contributed by atoms with Crippen molar-refractivity contribution < 1.29 is 13.6 Å². The van der Waals surface area contributed by atoms with E-state index in [4.69, 9.17) is 5.73 Å². The van der Waals surface area contributed by atoms with E-state index in [0.717, 1.165) is 6.07 Å². The highest BCUT2D eigenvalue weighted by molar-refractivity contribution is 7.99. The van der Waals surface area contributed by atoms with E-state index in [0.29, 0.717) is 23.6 Å². The molecule has 3 N–H and O–H groups in total. The summed E-state index contributed by atoms with van der Waals surface area (Å²) in [4.78, 5) is 11.4. The van der Waals surface area contributed by atoms with Gasteiger partial charge in [-0.15, -0.1) is 11.8 Å². The van der Waals surface area contributed by atoms with Crippen LogP contribution in [0.2, 0.25) is 0 Å². The predicted octanol–water partition coefficient (Wildman–Crippen LogP) is 1.91. The van der Waals surface area contributed by atoms with Crippen molar-refractivity contribution in [3.05, 3.63) is 29.8 Å². The highest BCUT2D eigenvalue weighted by Gasteiger charge is 2.13. The molecule has 18 heavy (non-hydrogen) atoms. The molecule has 6 heteroatoms. The van der Waals surface area contributed by atoms with Crippen molar-refractivity contribution in [2.24, 2.45) is 5.73 Å². The Morgan fingerprint density at radius 2 is 2.22 bits per heavy atom.